The highest BCUT2D eigenvalue weighted by Gasteiger charge is 2.14. The third-order valence-corrected chi connectivity index (χ3v) is 3.93. The van der Waals surface area contributed by atoms with Crippen molar-refractivity contribution in [1.82, 2.24) is 9.97 Å². The zero-order valence-corrected chi connectivity index (χ0v) is 13.2. The van der Waals surface area contributed by atoms with Gasteiger partial charge in [0.25, 0.3) is 0 Å². The number of para-hydroxylation sites is 1. The van der Waals surface area contributed by atoms with E-state index in [1.54, 1.807) is 18.5 Å². The Kier molecular flexibility index (Phi) is 4.71. The zero-order valence-electron chi connectivity index (χ0n) is 13.2. The highest BCUT2D eigenvalue weighted by Crippen LogP contribution is 2.23. The number of nitrogens with zero attached hydrogens (tertiary/aromatic N) is 3. The Balaban J connectivity index is 1.82. The van der Waals surface area contributed by atoms with Crippen LogP contribution in [0.2, 0.25) is 0 Å². The van der Waals surface area contributed by atoms with E-state index in [1.165, 1.54) is 26.4 Å². The third-order valence-electron chi connectivity index (χ3n) is 3.93. The number of methoxy groups -OCH3 is 1. The Bertz CT molecular complexity index is 684. The van der Waals surface area contributed by atoms with Crippen LogP contribution in [0, 0.1) is 0 Å². The summed E-state index contributed by atoms with van der Waals surface area (Å²) in [6, 6.07) is 9.13. The maximum Gasteiger partial charge on any atom is 0.339 e. The Hall–Kier alpha value is -2.63. The molecule has 2 aromatic rings. The molecule has 0 saturated carbocycles. The predicted octanol–water partition coefficient (Wildman–Crippen LogP) is 3.00. The largest absolute Gasteiger partial charge is 0.465 e. The standard InChI is InChI=1S/C17H20N4O2/c1-23-17(22)13-7-3-4-8-14(13)20-15-11-16(19-12-18-15)21-9-5-2-6-10-21/h3-4,7-8,11-12H,2,5-6,9-10H2,1H3,(H,18,19,20). The monoisotopic (exact) mass is 312 g/mol. The molecule has 1 aromatic carbocycles. The fraction of sp³-hybridized carbons (Fsp3) is 0.353. The van der Waals surface area contributed by atoms with Crippen LogP contribution in [-0.2, 0) is 4.74 Å². The molecule has 1 aliphatic rings. The molecule has 0 aliphatic carbocycles. The molecule has 6 heteroatoms. The van der Waals surface area contributed by atoms with Crippen molar-refractivity contribution >= 4 is 23.3 Å². The van der Waals surface area contributed by atoms with Crippen LogP contribution in [0.15, 0.2) is 36.7 Å². The lowest BCUT2D eigenvalue weighted by Gasteiger charge is -2.27. The van der Waals surface area contributed by atoms with Gasteiger partial charge in [0.2, 0.25) is 0 Å². The number of rotatable bonds is 4. The van der Waals surface area contributed by atoms with Crippen molar-refractivity contribution in [2.45, 2.75) is 19.3 Å². The van der Waals surface area contributed by atoms with Gasteiger partial charge in [-0.15, -0.1) is 0 Å². The van der Waals surface area contributed by atoms with Crippen LogP contribution < -0.4 is 10.2 Å². The second-order valence-electron chi connectivity index (χ2n) is 5.47. The molecular formula is C17H20N4O2. The van der Waals surface area contributed by atoms with Gasteiger partial charge >= 0.3 is 5.97 Å². The summed E-state index contributed by atoms with van der Waals surface area (Å²) in [5.41, 5.74) is 1.15. The van der Waals surface area contributed by atoms with Crippen LogP contribution in [0.1, 0.15) is 29.6 Å². The molecule has 0 spiro atoms. The van der Waals surface area contributed by atoms with Gasteiger partial charge in [-0.3, -0.25) is 0 Å². The van der Waals surface area contributed by atoms with Gasteiger partial charge in [-0.05, 0) is 31.4 Å². The lowest BCUT2D eigenvalue weighted by atomic mass is 10.1. The number of carbonyl (C=O) groups excluding carboxylic acids is 1. The first-order chi connectivity index (χ1) is 11.3. The molecule has 2 heterocycles. The average Bonchev–Trinajstić information content (AvgIpc) is 2.62. The molecule has 1 aromatic heterocycles. The van der Waals surface area contributed by atoms with E-state index >= 15 is 0 Å². The van der Waals surface area contributed by atoms with E-state index in [0.717, 1.165) is 18.9 Å². The Morgan fingerprint density at radius 1 is 1.17 bits per heavy atom. The number of piperidine rings is 1. The highest BCUT2D eigenvalue weighted by molar-refractivity contribution is 5.96. The highest BCUT2D eigenvalue weighted by atomic mass is 16.5. The molecule has 1 saturated heterocycles. The molecule has 1 N–H and O–H groups in total. The van der Waals surface area contributed by atoms with Crippen molar-refractivity contribution < 1.29 is 9.53 Å². The number of hydrogen-bond acceptors (Lipinski definition) is 6. The molecule has 6 nitrogen and oxygen atoms in total. The van der Waals surface area contributed by atoms with Crippen molar-refractivity contribution in [2.75, 3.05) is 30.4 Å². The molecule has 0 amide bonds. The van der Waals surface area contributed by atoms with Gasteiger partial charge in [-0.1, -0.05) is 12.1 Å². The number of aromatic nitrogens is 2. The first-order valence-corrected chi connectivity index (χ1v) is 7.79. The minimum Gasteiger partial charge on any atom is -0.465 e. The number of nitrogens with one attached hydrogen (secondary N) is 1. The normalized spacial score (nSPS) is 14.4. The van der Waals surface area contributed by atoms with Gasteiger partial charge in [-0.2, -0.15) is 0 Å². The third kappa shape index (κ3) is 3.59. The van der Waals surface area contributed by atoms with Gasteiger partial charge < -0.3 is 15.0 Å². The molecule has 0 radical (unpaired) electrons. The summed E-state index contributed by atoms with van der Waals surface area (Å²) >= 11 is 0. The predicted molar refractivity (Wildman–Crippen MR) is 89.2 cm³/mol. The van der Waals surface area contributed by atoms with E-state index in [9.17, 15) is 4.79 Å². The molecular weight excluding hydrogens is 292 g/mol. The lowest BCUT2D eigenvalue weighted by molar-refractivity contribution is 0.0602. The van der Waals surface area contributed by atoms with Gasteiger partial charge in [0.1, 0.15) is 18.0 Å². The summed E-state index contributed by atoms with van der Waals surface area (Å²) in [5.74, 6) is 1.20. The van der Waals surface area contributed by atoms with Gasteiger partial charge in [-0.25, -0.2) is 14.8 Å². The van der Waals surface area contributed by atoms with Crippen molar-refractivity contribution in [3.63, 3.8) is 0 Å². The minimum absolute atomic E-state index is 0.376. The van der Waals surface area contributed by atoms with Crippen LogP contribution in [0.3, 0.4) is 0 Å². The SMILES string of the molecule is COC(=O)c1ccccc1Nc1cc(N2CCCCC2)ncn1. The topological polar surface area (TPSA) is 67.3 Å². The maximum atomic E-state index is 11.8. The first-order valence-electron chi connectivity index (χ1n) is 7.79. The number of carbonyl (C=O) groups is 1. The number of benzene rings is 1. The number of hydrogen-bond donors (Lipinski definition) is 1. The fourth-order valence-electron chi connectivity index (χ4n) is 2.73. The van der Waals surface area contributed by atoms with Crippen LogP contribution >= 0.6 is 0 Å². The summed E-state index contributed by atoms with van der Waals surface area (Å²) in [6.07, 6.45) is 5.21. The van der Waals surface area contributed by atoms with Crippen LogP contribution in [0.25, 0.3) is 0 Å². The Morgan fingerprint density at radius 2 is 1.96 bits per heavy atom. The Labute approximate surface area is 135 Å². The van der Waals surface area contributed by atoms with Crippen molar-refractivity contribution in [3.05, 3.63) is 42.2 Å². The van der Waals surface area contributed by atoms with Crippen molar-refractivity contribution in [2.24, 2.45) is 0 Å². The molecule has 1 aliphatic heterocycles. The number of esters is 1. The van der Waals surface area contributed by atoms with E-state index < -0.39 is 0 Å². The molecule has 0 bridgehead atoms. The van der Waals surface area contributed by atoms with Crippen LogP contribution in [-0.4, -0.2) is 36.1 Å². The van der Waals surface area contributed by atoms with E-state index in [-0.39, 0.29) is 5.97 Å². The van der Waals surface area contributed by atoms with Gasteiger partial charge in [0.05, 0.1) is 18.4 Å². The smallest absolute Gasteiger partial charge is 0.339 e. The quantitative estimate of drug-likeness (QED) is 0.875. The summed E-state index contributed by atoms with van der Waals surface area (Å²) in [6.45, 7) is 2.05. The first kappa shape index (κ1) is 15.3. The summed E-state index contributed by atoms with van der Waals surface area (Å²) in [4.78, 5) is 22.7. The second kappa shape index (κ2) is 7.09. The summed E-state index contributed by atoms with van der Waals surface area (Å²) in [7, 11) is 1.37. The molecule has 0 atom stereocenters. The van der Waals surface area contributed by atoms with E-state index in [4.69, 9.17) is 4.74 Å². The minimum atomic E-state index is -0.376. The molecule has 3 rings (SSSR count). The van der Waals surface area contributed by atoms with Crippen molar-refractivity contribution in [3.8, 4) is 0 Å². The van der Waals surface area contributed by atoms with Gasteiger partial charge in [0.15, 0.2) is 0 Å². The molecule has 0 unspecified atom stereocenters. The molecule has 120 valence electrons. The molecule has 1 fully saturated rings. The summed E-state index contributed by atoms with van der Waals surface area (Å²) < 4.78 is 4.81. The van der Waals surface area contributed by atoms with Crippen LogP contribution in [0.4, 0.5) is 17.3 Å². The van der Waals surface area contributed by atoms with E-state index in [2.05, 4.69) is 20.2 Å². The van der Waals surface area contributed by atoms with E-state index in [0.29, 0.717) is 17.1 Å². The zero-order chi connectivity index (χ0) is 16.1. The average molecular weight is 312 g/mol. The van der Waals surface area contributed by atoms with E-state index in [1.807, 2.05) is 18.2 Å². The number of ether oxygens (including phenoxy) is 1. The van der Waals surface area contributed by atoms with Gasteiger partial charge in [0, 0.05) is 19.2 Å². The van der Waals surface area contributed by atoms with Crippen molar-refractivity contribution in [1.29, 1.82) is 0 Å². The second-order valence-corrected chi connectivity index (χ2v) is 5.47. The fourth-order valence-corrected chi connectivity index (χ4v) is 2.73. The maximum absolute atomic E-state index is 11.8. The summed E-state index contributed by atoms with van der Waals surface area (Å²) in [5, 5.41) is 3.19. The van der Waals surface area contributed by atoms with Crippen LogP contribution in [0.5, 0.6) is 0 Å². The number of anilines is 3. The Morgan fingerprint density at radius 3 is 2.74 bits per heavy atom. The molecule has 23 heavy (non-hydrogen) atoms. The lowest BCUT2D eigenvalue weighted by Crippen LogP contribution is -2.30.